The van der Waals surface area contributed by atoms with Gasteiger partial charge in [0.15, 0.2) is 11.7 Å². The lowest BCUT2D eigenvalue weighted by Crippen LogP contribution is -2.33. The number of rotatable bonds is 11. The Morgan fingerprint density at radius 1 is 1.21 bits per heavy atom. The van der Waals surface area contributed by atoms with Gasteiger partial charge >= 0.3 is 0 Å². The molecule has 6 nitrogen and oxygen atoms in total. The third-order valence-corrected chi connectivity index (χ3v) is 4.53. The Labute approximate surface area is 167 Å². The van der Waals surface area contributed by atoms with E-state index in [1.165, 1.54) is 0 Å². The number of unbranched alkanes of at least 4 members (excludes halogenated alkanes) is 2. The zero-order valence-corrected chi connectivity index (χ0v) is 16.8. The van der Waals surface area contributed by atoms with E-state index in [1.54, 1.807) is 6.08 Å². The summed E-state index contributed by atoms with van der Waals surface area (Å²) >= 11 is 0. The van der Waals surface area contributed by atoms with Crippen molar-refractivity contribution >= 4 is 22.8 Å². The molecule has 0 fully saturated rings. The molecule has 1 aromatic heterocycles. The highest BCUT2D eigenvalue weighted by Gasteiger charge is 2.28. The van der Waals surface area contributed by atoms with E-state index in [0.29, 0.717) is 23.6 Å². The van der Waals surface area contributed by atoms with Gasteiger partial charge in [-0.1, -0.05) is 44.9 Å². The lowest BCUT2D eigenvalue weighted by Gasteiger charge is -2.26. The Morgan fingerprint density at radius 3 is 2.36 bits per heavy atom. The van der Waals surface area contributed by atoms with Crippen LogP contribution in [-0.2, 0) is 4.79 Å². The Hall–Kier alpha value is -2.94. The van der Waals surface area contributed by atoms with Gasteiger partial charge in [-0.2, -0.15) is 5.26 Å². The molecule has 6 heteroatoms. The Balaban J connectivity index is 2.56. The predicted octanol–water partition coefficient (Wildman–Crippen LogP) is 3.95. The van der Waals surface area contributed by atoms with Gasteiger partial charge in [0.2, 0.25) is 5.91 Å². The van der Waals surface area contributed by atoms with Crippen LogP contribution in [0.3, 0.4) is 0 Å². The number of nitrogens with one attached hydrogen (secondary N) is 1. The number of nitriles is 1. The molecule has 1 atom stereocenters. The number of para-hydroxylation sites is 2. The summed E-state index contributed by atoms with van der Waals surface area (Å²) in [5.74, 6) is -0.752. The number of amides is 1. The largest absolute Gasteiger partial charge is 0.355 e. The average molecular weight is 380 g/mol. The number of hydrogen-bond donors (Lipinski definition) is 1. The molecule has 0 radical (unpaired) electrons. The smallest absolute Gasteiger partial charge is 0.243 e. The van der Waals surface area contributed by atoms with E-state index in [9.17, 15) is 10.1 Å². The Morgan fingerprint density at radius 2 is 1.82 bits per heavy atom. The van der Waals surface area contributed by atoms with Crippen LogP contribution in [0.2, 0.25) is 0 Å². The number of carbonyl (C=O) groups is 1. The molecular formula is C22H29N5O. The van der Waals surface area contributed by atoms with Crippen LogP contribution < -0.4 is 10.2 Å². The SMILES string of the molecule is C=CCNC(=O)[C@H](C#N)c1nc2ccccc2nc1N(CCCC)CCCC. The van der Waals surface area contributed by atoms with Crippen molar-refractivity contribution in [3.63, 3.8) is 0 Å². The van der Waals surface area contributed by atoms with Crippen LogP contribution in [0.4, 0.5) is 5.82 Å². The summed E-state index contributed by atoms with van der Waals surface area (Å²) in [7, 11) is 0. The molecular weight excluding hydrogens is 350 g/mol. The molecule has 0 aliphatic heterocycles. The highest BCUT2D eigenvalue weighted by molar-refractivity contribution is 5.88. The molecule has 0 bridgehead atoms. The van der Waals surface area contributed by atoms with Gasteiger partial charge in [0, 0.05) is 19.6 Å². The monoisotopic (exact) mass is 379 g/mol. The molecule has 0 unspecified atom stereocenters. The van der Waals surface area contributed by atoms with Gasteiger partial charge in [0.25, 0.3) is 0 Å². The van der Waals surface area contributed by atoms with E-state index in [0.717, 1.165) is 44.3 Å². The second-order valence-corrected chi connectivity index (χ2v) is 6.71. The first-order valence-electron chi connectivity index (χ1n) is 9.96. The van der Waals surface area contributed by atoms with Crippen LogP contribution in [0, 0.1) is 11.3 Å². The first kappa shape index (κ1) is 21.4. The summed E-state index contributed by atoms with van der Waals surface area (Å²) in [6.07, 6.45) is 5.73. The quantitative estimate of drug-likeness (QED) is 0.598. The number of hydrogen-bond acceptors (Lipinski definition) is 5. The lowest BCUT2D eigenvalue weighted by atomic mass is 10.0. The molecule has 28 heavy (non-hydrogen) atoms. The van der Waals surface area contributed by atoms with E-state index in [1.807, 2.05) is 24.3 Å². The van der Waals surface area contributed by atoms with E-state index in [4.69, 9.17) is 9.97 Å². The molecule has 1 amide bonds. The first-order chi connectivity index (χ1) is 13.7. The normalized spacial score (nSPS) is 11.6. The van der Waals surface area contributed by atoms with Gasteiger partial charge in [0.1, 0.15) is 5.69 Å². The highest BCUT2D eigenvalue weighted by atomic mass is 16.1. The maximum Gasteiger partial charge on any atom is 0.243 e. The number of carbonyl (C=O) groups excluding carboxylic acids is 1. The number of aromatic nitrogens is 2. The van der Waals surface area contributed by atoms with E-state index >= 15 is 0 Å². The van der Waals surface area contributed by atoms with Gasteiger partial charge in [-0.3, -0.25) is 4.79 Å². The van der Waals surface area contributed by atoms with Crippen LogP contribution in [0.15, 0.2) is 36.9 Å². The minimum absolute atomic E-state index is 0.308. The van der Waals surface area contributed by atoms with Crippen molar-refractivity contribution < 1.29 is 4.79 Å². The molecule has 0 aliphatic rings. The molecule has 148 valence electrons. The summed E-state index contributed by atoms with van der Waals surface area (Å²) in [6.45, 7) is 9.85. The molecule has 2 rings (SSSR count). The first-order valence-corrected chi connectivity index (χ1v) is 9.96. The van der Waals surface area contributed by atoms with E-state index in [-0.39, 0.29) is 5.91 Å². The zero-order chi connectivity index (χ0) is 20.4. The number of nitrogens with zero attached hydrogens (tertiary/aromatic N) is 4. The van der Waals surface area contributed by atoms with Crippen molar-refractivity contribution in [3.8, 4) is 6.07 Å². The van der Waals surface area contributed by atoms with Crippen molar-refractivity contribution in [1.82, 2.24) is 15.3 Å². The standard InChI is InChI=1S/C22H29N5O/c1-4-7-14-27(15-8-5-2)21-20(17(16-23)22(28)24-13-6-3)25-18-11-9-10-12-19(18)26-21/h6,9-12,17H,3-5,7-8,13-15H2,1-2H3,(H,24,28)/t17-/m1/s1. The van der Waals surface area contributed by atoms with Crippen molar-refractivity contribution in [2.45, 2.75) is 45.4 Å². The number of anilines is 1. The summed E-state index contributed by atoms with van der Waals surface area (Å²) in [5.41, 5.74) is 1.88. The van der Waals surface area contributed by atoms with Crippen LogP contribution in [0.1, 0.15) is 51.1 Å². The molecule has 0 saturated heterocycles. The number of benzene rings is 1. The van der Waals surface area contributed by atoms with Gasteiger partial charge in [-0.05, 0) is 25.0 Å². The van der Waals surface area contributed by atoms with Crippen LogP contribution in [0.25, 0.3) is 11.0 Å². The third-order valence-electron chi connectivity index (χ3n) is 4.53. The Bertz CT molecular complexity index is 834. The second-order valence-electron chi connectivity index (χ2n) is 6.71. The maximum atomic E-state index is 12.6. The lowest BCUT2D eigenvalue weighted by molar-refractivity contribution is -0.121. The summed E-state index contributed by atoms with van der Waals surface area (Å²) in [5, 5.41) is 12.5. The summed E-state index contributed by atoms with van der Waals surface area (Å²) in [4.78, 5) is 24.3. The van der Waals surface area contributed by atoms with Gasteiger partial charge in [0.05, 0.1) is 17.1 Å². The van der Waals surface area contributed by atoms with Crippen molar-refractivity contribution in [2.75, 3.05) is 24.5 Å². The molecule has 0 saturated carbocycles. The second kappa shape index (κ2) is 11.0. The van der Waals surface area contributed by atoms with Crippen LogP contribution in [-0.4, -0.2) is 35.5 Å². The Kier molecular flexibility index (Phi) is 8.41. The summed E-state index contributed by atoms with van der Waals surface area (Å²) in [6, 6.07) is 9.69. The van der Waals surface area contributed by atoms with Gasteiger partial charge < -0.3 is 10.2 Å². The fraction of sp³-hybridized carbons (Fsp3) is 0.455. The van der Waals surface area contributed by atoms with Crippen LogP contribution >= 0.6 is 0 Å². The van der Waals surface area contributed by atoms with Crippen molar-refractivity contribution in [1.29, 1.82) is 5.26 Å². The molecule has 1 heterocycles. The average Bonchev–Trinajstić information content (AvgIpc) is 2.72. The van der Waals surface area contributed by atoms with Gasteiger partial charge in [-0.15, -0.1) is 6.58 Å². The predicted molar refractivity (Wildman–Crippen MR) is 113 cm³/mol. The van der Waals surface area contributed by atoms with Crippen molar-refractivity contribution in [3.05, 3.63) is 42.6 Å². The van der Waals surface area contributed by atoms with Crippen molar-refractivity contribution in [2.24, 2.45) is 0 Å². The molecule has 0 aliphatic carbocycles. The topological polar surface area (TPSA) is 81.9 Å². The fourth-order valence-corrected chi connectivity index (χ4v) is 2.97. The molecule has 1 aromatic carbocycles. The third kappa shape index (κ3) is 5.29. The minimum atomic E-state index is -1.02. The fourth-order valence-electron chi connectivity index (χ4n) is 2.97. The highest BCUT2D eigenvalue weighted by Crippen LogP contribution is 2.28. The number of fused-ring (bicyclic) bond motifs is 1. The maximum absolute atomic E-state index is 12.6. The summed E-state index contributed by atoms with van der Waals surface area (Å²) < 4.78 is 0. The van der Waals surface area contributed by atoms with E-state index in [2.05, 4.69) is 36.7 Å². The molecule has 1 N–H and O–H groups in total. The zero-order valence-electron chi connectivity index (χ0n) is 16.8. The molecule has 0 spiro atoms. The van der Waals surface area contributed by atoms with Crippen LogP contribution in [0.5, 0.6) is 0 Å². The molecule has 2 aromatic rings. The van der Waals surface area contributed by atoms with Gasteiger partial charge in [-0.25, -0.2) is 9.97 Å². The van der Waals surface area contributed by atoms with E-state index < -0.39 is 5.92 Å². The minimum Gasteiger partial charge on any atom is -0.355 e.